The van der Waals surface area contributed by atoms with E-state index >= 15 is 0 Å². The Labute approximate surface area is 127 Å². The van der Waals surface area contributed by atoms with Crippen LogP contribution in [-0.4, -0.2) is 44.2 Å². The van der Waals surface area contributed by atoms with Crippen molar-refractivity contribution in [3.63, 3.8) is 0 Å². The molecule has 0 amide bonds. The smallest absolute Gasteiger partial charge is 0.129 e. The number of anilines is 1. The van der Waals surface area contributed by atoms with Crippen LogP contribution in [0.1, 0.15) is 31.2 Å². The molecular weight excluding hydrogens is 265 g/mol. The van der Waals surface area contributed by atoms with Crippen LogP contribution in [0.4, 0.5) is 10.1 Å². The molecule has 0 atom stereocenters. The third-order valence-corrected chi connectivity index (χ3v) is 4.83. The van der Waals surface area contributed by atoms with E-state index in [-0.39, 0.29) is 5.82 Å². The topological polar surface area (TPSA) is 18.5 Å². The van der Waals surface area contributed by atoms with E-state index in [1.54, 1.807) is 6.07 Å². The monoisotopic (exact) mass is 291 g/mol. The summed E-state index contributed by atoms with van der Waals surface area (Å²) in [7, 11) is 2.17. The molecule has 0 radical (unpaired) electrons. The fraction of sp³-hybridized carbons (Fsp3) is 0.647. The third kappa shape index (κ3) is 3.55. The molecule has 1 aromatic rings. The summed E-state index contributed by atoms with van der Waals surface area (Å²) >= 11 is 0. The van der Waals surface area contributed by atoms with Gasteiger partial charge in [-0.15, -0.1) is 0 Å². The molecule has 116 valence electrons. The molecule has 0 aliphatic carbocycles. The summed E-state index contributed by atoms with van der Waals surface area (Å²) in [6.07, 6.45) is 4.75. The number of nitrogens with zero attached hydrogens (tertiary/aromatic N) is 2. The van der Waals surface area contributed by atoms with Gasteiger partial charge in [-0.2, -0.15) is 0 Å². The molecule has 0 bridgehead atoms. The summed E-state index contributed by atoms with van der Waals surface area (Å²) in [5, 5.41) is 3.57. The third-order valence-electron chi connectivity index (χ3n) is 4.83. The first kappa shape index (κ1) is 14.8. The van der Waals surface area contributed by atoms with Crippen molar-refractivity contribution >= 4 is 5.69 Å². The van der Waals surface area contributed by atoms with Crippen molar-refractivity contribution in [1.82, 2.24) is 10.2 Å². The maximum atomic E-state index is 14.2. The van der Waals surface area contributed by atoms with Crippen molar-refractivity contribution in [2.45, 2.75) is 38.3 Å². The predicted octanol–water partition coefficient (Wildman–Crippen LogP) is 2.61. The van der Waals surface area contributed by atoms with Crippen LogP contribution < -0.4 is 10.2 Å². The molecule has 0 aromatic heterocycles. The van der Waals surface area contributed by atoms with Gasteiger partial charge in [-0.05, 0) is 58.0 Å². The Morgan fingerprint density at radius 3 is 2.57 bits per heavy atom. The van der Waals surface area contributed by atoms with E-state index in [9.17, 15) is 4.39 Å². The second-order valence-corrected chi connectivity index (χ2v) is 6.39. The summed E-state index contributed by atoms with van der Waals surface area (Å²) in [5.74, 6) is -0.0696. The molecule has 0 unspecified atom stereocenters. The lowest BCUT2D eigenvalue weighted by Crippen LogP contribution is -2.40. The Hall–Kier alpha value is -1.13. The summed E-state index contributed by atoms with van der Waals surface area (Å²) < 4.78 is 14.2. The average Bonchev–Trinajstić information content (AvgIpc) is 3.01. The van der Waals surface area contributed by atoms with Crippen LogP contribution in [-0.2, 0) is 6.54 Å². The minimum absolute atomic E-state index is 0.0696. The van der Waals surface area contributed by atoms with Gasteiger partial charge in [0.05, 0.1) is 0 Å². The number of nitrogens with one attached hydrogen (secondary N) is 1. The fourth-order valence-electron chi connectivity index (χ4n) is 3.44. The Morgan fingerprint density at radius 2 is 1.86 bits per heavy atom. The van der Waals surface area contributed by atoms with Crippen molar-refractivity contribution in [2.24, 2.45) is 0 Å². The minimum atomic E-state index is -0.0696. The van der Waals surface area contributed by atoms with Crippen LogP contribution in [0.3, 0.4) is 0 Å². The average molecular weight is 291 g/mol. The van der Waals surface area contributed by atoms with Gasteiger partial charge in [0, 0.05) is 36.9 Å². The van der Waals surface area contributed by atoms with E-state index in [0.29, 0.717) is 12.6 Å². The summed E-state index contributed by atoms with van der Waals surface area (Å²) in [6, 6.07) is 6.01. The van der Waals surface area contributed by atoms with Crippen molar-refractivity contribution in [3.8, 4) is 0 Å². The number of piperidine rings is 1. The van der Waals surface area contributed by atoms with Gasteiger partial charge in [0.25, 0.3) is 0 Å². The van der Waals surface area contributed by atoms with Gasteiger partial charge < -0.3 is 15.1 Å². The number of likely N-dealkylation sites (tertiary alicyclic amines) is 1. The first-order chi connectivity index (χ1) is 10.2. The van der Waals surface area contributed by atoms with Crippen molar-refractivity contribution in [2.75, 3.05) is 38.1 Å². The van der Waals surface area contributed by atoms with Gasteiger partial charge in [-0.25, -0.2) is 4.39 Å². The predicted molar refractivity (Wildman–Crippen MR) is 85.2 cm³/mol. The van der Waals surface area contributed by atoms with Crippen LogP contribution in [0.2, 0.25) is 0 Å². The maximum absolute atomic E-state index is 14.2. The van der Waals surface area contributed by atoms with E-state index in [2.05, 4.69) is 28.2 Å². The zero-order valence-corrected chi connectivity index (χ0v) is 12.9. The molecular formula is C17H26FN3. The highest BCUT2D eigenvalue weighted by Gasteiger charge is 2.20. The van der Waals surface area contributed by atoms with E-state index in [0.717, 1.165) is 50.3 Å². The molecule has 3 nitrogen and oxygen atoms in total. The van der Waals surface area contributed by atoms with Gasteiger partial charge in [0.15, 0.2) is 0 Å². The van der Waals surface area contributed by atoms with Gasteiger partial charge in [0.1, 0.15) is 5.82 Å². The fourth-order valence-corrected chi connectivity index (χ4v) is 3.44. The largest absolute Gasteiger partial charge is 0.371 e. The quantitative estimate of drug-likeness (QED) is 0.920. The highest BCUT2D eigenvalue weighted by Crippen LogP contribution is 2.27. The molecule has 2 aliphatic heterocycles. The molecule has 1 N–H and O–H groups in total. The van der Waals surface area contributed by atoms with Crippen molar-refractivity contribution in [1.29, 1.82) is 0 Å². The van der Waals surface area contributed by atoms with E-state index in [1.165, 1.54) is 12.8 Å². The van der Waals surface area contributed by atoms with Crippen molar-refractivity contribution in [3.05, 3.63) is 29.6 Å². The molecule has 4 heteroatoms. The van der Waals surface area contributed by atoms with Gasteiger partial charge >= 0.3 is 0 Å². The molecule has 2 saturated heterocycles. The van der Waals surface area contributed by atoms with Crippen LogP contribution in [0.25, 0.3) is 0 Å². The molecule has 0 spiro atoms. The highest BCUT2D eigenvalue weighted by molar-refractivity contribution is 5.54. The maximum Gasteiger partial charge on any atom is 0.129 e. The lowest BCUT2D eigenvalue weighted by molar-refractivity contribution is 0.233. The van der Waals surface area contributed by atoms with Gasteiger partial charge in [-0.1, -0.05) is 6.07 Å². The second-order valence-electron chi connectivity index (χ2n) is 6.39. The molecule has 2 heterocycles. The number of benzene rings is 1. The zero-order chi connectivity index (χ0) is 14.7. The van der Waals surface area contributed by atoms with Crippen molar-refractivity contribution < 1.29 is 4.39 Å². The molecule has 2 aliphatic rings. The summed E-state index contributed by atoms with van der Waals surface area (Å²) in [6.45, 7) is 5.03. The number of rotatable bonds is 4. The zero-order valence-electron chi connectivity index (χ0n) is 12.9. The van der Waals surface area contributed by atoms with Crippen LogP contribution in [0.15, 0.2) is 18.2 Å². The summed E-state index contributed by atoms with van der Waals surface area (Å²) in [4.78, 5) is 4.69. The second kappa shape index (κ2) is 6.75. The standard InChI is InChI=1S/C17H26FN3/c1-20-11-7-14(8-12-20)19-13-15-16(18)5-4-6-17(15)21-9-2-3-10-21/h4-6,14,19H,2-3,7-13H2,1H3. The molecule has 1 aromatic carbocycles. The molecule has 3 rings (SSSR count). The van der Waals surface area contributed by atoms with Crippen LogP contribution in [0, 0.1) is 5.82 Å². The first-order valence-electron chi connectivity index (χ1n) is 8.18. The molecule has 21 heavy (non-hydrogen) atoms. The van der Waals surface area contributed by atoms with E-state index in [1.807, 2.05) is 6.07 Å². The minimum Gasteiger partial charge on any atom is -0.371 e. The Morgan fingerprint density at radius 1 is 1.14 bits per heavy atom. The van der Waals surface area contributed by atoms with Gasteiger partial charge in [-0.3, -0.25) is 0 Å². The molecule has 2 fully saturated rings. The van der Waals surface area contributed by atoms with E-state index < -0.39 is 0 Å². The first-order valence-corrected chi connectivity index (χ1v) is 8.18. The van der Waals surface area contributed by atoms with Gasteiger partial charge in [0.2, 0.25) is 0 Å². The Kier molecular flexibility index (Phi) is 4.76. The van der Waals surface area contributed by atoms with Crippen LogP contribution in [0.5, 0.6) is 0 Å². The summed E-state index contributed by atoms with van der Waals surface area (Å²) in [5.41, 5.74) is 1.94. The SMILES string of the molecule is CN1CCC(NCc2c(F)cccc2N2CCCC2)CC1. The number of hydrogen-bond acceptors (Lipinski definition) is 3. The Balaban J connectivity index is 1.66. The normalized spacial score (nSPS) is 21.1. The number of hydrogen-bond donors (Lipinski definition) is 1. The number of halogens is 1. The van der Waals surface area contributed by atoms with E-state index in [4.69, 9.17) is 0 Å². The Bertz CT molecular complexity index is 463. The lowest BCUT2D eigenvalue weighted by atomic mass is 10.0. The highest BCUT2D eigenvalue weighted by atomic mass is 19.1. The lowest BCUT2D eigenvalue weighted by Gasteiger charge is -2.30. The molecule has 0 saturated carbocycles. The van der Waals surface area contributed by atoms with Crippen LogP contribution >= 0.6 is 0 Å².